The fourth-order valence-electron chi connectivity index (χ4n) is 7.23. The molecule has 1 unspecified atom stereocenters. The Hall–Kier alpha value is -2.78. The van der Waals surface area contributed by atoms with Crippen LogP contribution in [-0.2, 0) is 19.1 Å². The number of nitrogens with zero attached hydrogens (tertiary/aromatic N) is 3. The number of anilines is 2. The van der Waals surface area contributed by atoms with Crippen LogP contribution in [0.5, 0.6) is 0 Å². The van der Waals surface area contributed by atoms with E-state index in [0.29, 0.717) is 19.6 Å². The van der Waals surface area contributed by atoms with E-state index in [0.717, 1.165) is 43.7 Å². The zero-order valence-electron chi connectivity index (χ0n) is 25.3. The van der Waals surface area contributed by atoms with Gasteiger partial charge in [0.2, 0.25) is 5.91 Å². The highest BCUT2D eigenvalue weighted by molar-refractivity contribution is 8.02. The van der Waals surface area contributed by atoms with E-state index in [9.17, 15) is 19.5 Å². The summed E-state index contributed by atoms with van der Waals surface area (Å²) in [5.74, 6) is -2.02. The Kier molecular flexibility index (Phi) is 9.38. The smallest absolute Gasteiger partial charge is 0.311 e. The number of rotatable bonds is 8. The second-order valence-corrected chi connectivity index (χ2v) is 13.7. The van der Waals surface area contributed by atoms with Crippen LogP contribution in [0.3, 0.4) is 0 Å². The van der Waals surface area contributed by atoms with Crippen LogP contribution < -0.4 is 9.80 Å². The number of ether oxygens (including phenoxy) is 1. The van der Waals surface area contributed by atoms with Crippen molar-refractivity contribution in [2.24, 2.45) is 17.8 Å². The number of allylic oxidation sites excluding steroid dienone is 1. The molecule has 1 N–H and O–H groups in total. The summed E-state index contributed by atoms with van der Waals surface area (Å²) in [4.78, 5) is 48.5. The van der Waals surface area contributed by atoms with E-state index in [1.165, 1.54) is 0 Å². The number of hydrogen-bond donors (Lipinski definition) is 1. The average Bonchev–Trinajstić information content (AvgIpc) is 3.37. The first-order chi connectivity index (χ1) is 20.3. The summed E-state index contributed by atoms with van der Waals surface area (Å²) in [5.41, 5.74) is 1.85. The summed E-state index contributed by atoms with van der Waals surface area (Å²) in [5, 5.41) is 10.3. The Morgan fingerprint density at radius 3 is 2.48 bits per heavy atom. The molecule has 2 saturated heterocycles. The molecule has 228 valence electrons. The van der Waals surface area contributed by atoms with Gasteiger partial charge in [0.05, 0.1) is 35.8 Å². The number of likely N-dealkylation sites (tertiary alicyclic amines) is 1. The number of fused-ring (bicyclic) bond motifs is 2. The lowest BCUT2D eigenvalue weighted by Crippen LogP contribution is -2.57. The number of aliphatic hydroxyl groups is 1. The van der Waals surface area contributed by atoms with E-state index in [-0.39, 0.29) is 35.6 Å². The predicted molar refractivity (Wildman–Crippen MR) is 167 cm³/mol. The van der Waals surface area contributed by atoms with E-state index in [4.69, 9.17) is 4.74 Å². The second kappa shape index (κ2) is 12.8. The number of carbonyl (C=O) groups excluding carboxylic acids is 3. The van der Waals surface area contributed by atoms with E-state index >= 15 is 0 Å². The summed E-state index contributed by atoms with van der Waals surface area (Å²) >= 11 is 1.55. The van der Waals surface area contributed by atoms with Gasteiger partial charge in [0.1, 0.15) is 6.04 Å². The number of esters is 1. The van der Waals surface area contributed by atoms with Gasteiger partial charge in [-0.25, -0.2) is 0 Å². The highest BCUT2D eigenvalue weighted by Crippen LogP contribution is 2.61. The van der Waals surface area contributed by atoms with Crippen molar-refractivity contribution in [3.63, 3.8) is 0 Å². The summed E-state index contributed by atoms with van der Waals surface area (Å²) in [6, 6.07) is 6.63. The summed E-state index contributed by atoms with van der Waals surface area (Å²) < 4.78 is 4.78. The average molecular weight is 596 g/mol. The van der Waals surface area contributed by atoms with Gasteiger partial charge >= 0.3 is 5.97 Å². The molecule has 2 fully saturated rings. The van der Waals surface area contributed by atoms with Gasteiger partial charge in [0.15, 0.2) is 0 Å². The molecule has 4 aliphatic heterocycles. The van der Waals surface area contributed by atoms with Crippen LogP contribution in [-0.4, -0.2) is 82.7 Å². The summed E-state index contributed by atoms with van der Waals surface area (Å²) in [6.45, 7) is 10.6. The summed E-state index contributed by atoms with van der Waals surface area (Å²) in [7, 11) is 0. The molecule has 1 aromatic rings. The Labute approximate surface area is 254 Å². The van der Waals surface area contributed by atoms with Crippen LogP contribution in [0.1, 0.15) is 53.4 Å². The summed E-state index contributed by atoms with van der Waals surface area (Å²) in [6.07, 6.45) is 11.3. The first kappa shape index (κ1) is 30.7. The topological polar surface area (TPSA) is 90.4 Å². The number of amides is 2. The highest BCUT2D eigenvalue weighted by Gasteiger charge is 2.71. The molecule has 6 atom stereocenters. The van der Waals surface area contributed by atoms with Gasteiger partial charge in [0.25, 0.3) is 5.91 Å². The van der Waals surface area contributed by atoms with Crippen LogP contribution in [0.25, 0.3) is 0 Å². The Morgan fingerprint density at radius 1 is 1.07 bits per heavy atom. The molecule has 0 bridgehead atoms. The minimum absolute atomic E-state index is 0.179. The van der Waals surface area contributed by atoms with Gasteiger partial charge in [-0.1, -0.05) is 38.2 Å². The Balaban J connectivity index is 1.59. The normalized spacial score (nSPS) is 30.9. The molecule has 8 nitrogen and oxygen atoms in total. The predicted octanol–water partition coefficient (Wildman–Crippen LogP) is 4.42. The lowest BCUT2D eigenvalue weighted by molar-refractivity contribution is -0.153. The van der Waals surface area contributed by atoms with Crippen LogP contribution in [0.15, 0.2) is 48.6 Å². The fourth-order valence-corrected chi connectivity index (χ4v) is 9.22. The number of benzene rings is 1. The standard InChI is InChI=1S/C33H45N3O5S/c1-5-34(6-2)23-13-15-24(16-14-23)35-18-11-17-33-28(27-26(42-33)12-9-7-8-10-19-41-32(27)40)30(38)36(29(33)31(35)39)25(21-37)20-22(3)4/h9,11-17,22,25-29,37H,5-8,10,18-21H2,1-4H3/b12-9-/t25-,26-,27+,28+,29?,33+/m1/s1. The van der Waals surface area contributed by atoms with E-state index in [1.807, 2.05) is 56.3 Å². The molecule has 9 heteroatoms. The van der Waals surface area contributed by atoms with Crippen LogP contribution in [0.4, 0.5) is 11.4 Å². The van der Waals surface area contributed by atoms with Crippen molar-refractivity contribution in [2.75, 3.05) is 42.6 Å². The molecule has 1 aromatic carbocycles. The van der Waals surface area contributed by atoms with Gasteiger partial charge < -0.3 is 24.5 Å². The molecular formula is C33H45N3O5S. The second-order valence-electron chi connectivity index (χ2n) is 12.2. The third-order valence-corrected chi connectivity index (χ3v) is 10.9. The number of hydrogen-bond acceptors (Lipinski definition) is 7. The van der Waals surface area contributed by atoms with Crippen LogP contribution in [0, 0.1) is 17.8 Å². The van der Waals surface area contributed by atoms with Crippen molar-refractivity contribution >= 4 is 40.9 Å². The minimum atomic E-state index is -0.943. The van der Waals surface area contributed by atoms with Crippen molar-refractivity contribution in [1.29, 1.82) is 0 Å². The lowest BCUT2D eigenvalue weighted by Gasteiger charge is -2.39. The van der Waals surface area contributed by atoms with Crippen molar-refractivity contribution in [2.45, 2.75) is 75.5 Å². The highest BCUT2D eigenvalue weighted by atomic mass is 32.2. The molecule has 0 saturated carbocycles. The van der Waals surface area contributed by atoms with Gasteiger partial charge in [0, 0.05) is 36.3 Å². The van der Waals surface area contributed by atoms with Crippen molar-refractivity contribution in [3.8, 4) is 0 Å². The van der Waals surface area contributed by atoms with Crippen LogP contribution >= 0.6 is 11.8 Å². The van der Waals surface area contributed by atoms with Gasteiger partial charge in [-0.15, -0.1) is 11.8 Å². The molecule has 0 aliphatic carbocycles. The maximum absolute atomic E-state index is 14.7. The zero-order chi connectivity index (χ0) is 30.0. The van der Waals surface area contributed by atoms with Gasteiger partial charge in [-0.2, -0.15) is 0 Å². The number of carbonyl (C=O) groups is 3. The quantitative estimate of drug-likeness (QED) is 0.352. The van der Waals surface area contributed by atoms with Crippen molar-refractivity contribution < 1.29 is 24.2 Å². The lowest BCUT2D eigenvalue weighted by atomic mass is 9.78. The van der Waals surface area contributed by atoms with E-state index in [1.54, 1.807) is 21.6 Å². The third kappa shape index (κ3) is 5.39. The number of cyclic esters (lactones) is 1. The molecule has 4 heterocycles. The Morgan fingerprint density at radius 2 is 1.81 bits per heavy atom. The Bertz CT molecular complexity index is 1210. The maximum atomic E-state index is 14.7. The molecule has 42 heavy (non-hydrogen) atoms. The fraction of sp³-hybridized carbons (Fsp3) is 0.606. The van der Waals surface area contributed by atoms with Crippen molar-refractivity contribution in [1.82, 2.24) is 4.90 Å². The molecule has 4 aliphatic rings. The molecule has 0 aromatic heterocycles. The number of thioether (sulfide) groups is 1. The first-order valence-electron chi connectivity index (χ1n) is 15.6. The molecule has 5 rings (SSSR count). The van der Waals surface area contributed by atoms with Crippen LogP contribution in [0.2, 0.25) is 0 Å². The molecule has 2 amide bonds. The monoisotopic (exact) mass is 595 g/mol. The number of aliphatic hydroxyl groups excluding tert-OH is 1. The zero-order valence-corrected chi connectivity index (χ0v) is 26.1. The largest absolute Gasteiger partial charge is 0.465 e. The maximum Gasteiger partial charge on any atom is 0.311 e. The van der Waals surface area contributed by atoms with Crippen molar-refractivity contribution in [3.05, 3.63) is 48.6 Å². The molecule has 1 spiro atoms. The van der Waals surface area contributed by atoms with Gasteiger partial charge in [-0.05, 0) is 69.7 Å². The van der Waals surface area contributed by atoms with E-state index in [2.05, 4.69) is 24.8 Å². The van der Waals surface area contributed by atoms with Gasteiger partial charge in [-0.3, -0.25) is 14.4 Å². The first-order valence-corrected chi connectivity index (χ1v) is 16.4. The van der Waals surface area contributed by atoms with E-state index < -0.39 is 28.7 Å². The molecular weight excluding hydrogens is 550 g/mol. The third-order valence-electron chi connectivity index (χ3n) is 9.18. The minimum Gasteiger partial charge on any atom is -0.465 e. The molecule has 0 radical (unpaired) electrons. The SMILES string of the molecule is CCN(CC)c1ccc(N2CC=C[C@]34S[C@@H]5/C=C\CCCCOC(=O)[C@@H]5[C@H]3C(=O)N([C@@H](CO)CC(C)C)C4C2=O)cc1.